The molecule has 1 aromatic rings. The summed E-state index contributed by atoms with van der Waals surface area (Å²) in [5.41, 5.74) is 1.81. The Balaban J connectivity index is 1.89. The van der Waals surface area contributed by atoms with Crippen molar-refractivity contribution < 1.29 is 14.3 Å². The van der Waals surface area contributed by atoms with Gasteiger partial charge in [0.15, 0.2) is 5.78 Å². The topological polar surface area (TPSA) is 58.6 Å². The van der Waals surface area contributed by atoms with Crippen LogP contribution in [0.4, 0.5) is 0 Å². The summed E-state index contributed by atoms with van der Waals surface area (Å²) >= 11 is 0. The third-order valence-electron chi connectivity index (χ3n) is 3.42. The fourth-order valence-electron chi connectivity index (χ4n) is 2.19. The quantitative estimate of drug-likeness (QED) is 0.783. The Kier molecular flexibility index (Phi) is 4.74. The van der Waals surface area contributed by atoms with Crippen LogP contribution < -0.4 is 10.1 Å². The van der Waals surface area contributed by atoms with E-state index in [1.807, 2.05) is 24.1 Å². The molecule has 108 valence electrons. The molecule has 0 fully saturated rings. The molecule has 5 heteroatoms. The molecule has 20 heavy (non-hydrogen) atoms. The highest BCUT2D eigenvalue weighted by molar-refractivity contribution is 5.98. The van der Waals surface area contributed by atoms with Crippen LogP contribution in [0.1, 0.15) is 22.3 Å². The van der Waals surface area contributed by atoms with Gasteiger partial charge in [-0.25, -0.2) is 0 Å². The van der Waals surface area contributed by atoms with Gasteiger partial charge in [0.25, 0.3) is 0 Å². The van der Waals surface area contributed by atoms with Crippen LogP contribution in [0.25, 0.3) is 0 Å². The lowest BCUT2D eigenvalue weighted by atomic mass is 10.1. The Morgan fingerprint density at radius 1 is 1.40 bits per heavy atom. The summed E-state index contributed by atoms with van der Waals surface area (Å²) in [6.07, 6.45) is 1.27. The number of ether oxygens (including phenoxy) is 1. The average Bonchev–Trinajstić information content (AvgIpc) is 2.91. The van der Waals surface area contributed by atoms with E-state index in [1.165, 1.54) is 0 Å². The van der Waals surface area contributed by atoms with Crippen molar-refractivity contribution in [3.63, 3.8) is 0 Å². The smallest absolute Gasteiger partial charge is 0.221 e. The molecule has 1 aliphatic heterocycles. The second kappa shape index (κ2) is 6.52. The molecule has 1 N–H and O–H groups in total. The Morgan fingerprint density at radius 2 is 2.20 bits per heavy atom. The van der Waals surface area contributed by atoms with Crippen molar-refractivity contribution in [1.82, 2.24) is 10.2 Å². The van der Waals surface area contributed by atoms with Gasteiger partial charge in [-0.3, -0.25) is 14.5 Å². The molecule has 0 saturated heterocycles. The molecule has 0 saturated carbocycles. The van der Waals surface area contributed by atoms with Crippen LogP contribution in [0.5, 0.6) is 5.75 Å². The second-order valence-electron chi connectivity index (χ2n) is 5.01. The Bertz CT molecular complexity index is 514. The minimum Gasteiger partial charge on any atom is -0.493 e. The van der Waals surface area contributed by atoms with E-state index >= 15 is 0 Å². The predicted molar refractivity (Wildman–Crippen MR) is 76.2 cm³/mol. The number of hydrogen-bond acceptors (Lipinski definition) is 4. The molecule has 1 amide bonds. The Labute approximate surface area is 118 Å². The monoisotopic (exact) mass is 276 g/mol. The first kappa shape index (κ1) is 14.5. The second-order valence-corrected chi connectivity index (χ2v) is 5.01. The summed E-state index contributed by atoms with van der Waals surface area (Å²) in [5.74, 6) is 0.938. The lowest BCUT2D eigenvalue weighted by Crippen LogP contribution is -2.30. The zero-order chi connectivity index (χ0) is 14.5. The van der Waals surface area contributed by atoms with Crippen LogP contribution in [-0.4, -0.2) is 50.4 Å². The lowest BCUT2D eigenvalue weighted by molar-refractivity contribution is -0.120. The molecule has 0 spiro atoms. The third kappa shape index (κ3) is 3.57. The van der Waals surface area contributed by atoms with Gasteiger partial charge in [0.1, 0.15) is 5.75 Å². The van der Waals surface area contributed by atoms with E-state index in [1.54, 1.807) is 13.1 Å². The molecule has 0 aromatic heterocycles. The van der Waals surface area contributed by atoms with Gasteiger partial charge >= 0.3 is 0 Å². The standard InChI is InChI=1S/C15H20N2O3/c1-16-15(19)5-7-17(2)10-13(18)11-3-4-14-12(9-11)6-8-20-14/h3-4,9H,5-8,10H2,1-2H3,(H,16,19). The number of nitrogens with zero attached hydrogens (tertiary/aromatic N) is 1. The lowest BCUT2D eigenvalue weighted by Gasteiger charge is -2.15. The van der Waals surface area contributed by atoms with E-state index in [-0.39, 0.29) is 11.7 Å². The summed E-state index contributed by atoms with van der Waals surface area (Å²) in [4.78, 5) is 25.2. The molecule has 0 radical (unpaired) electrons. The van der Waals surface area contributed by atoms with E-state index in [0.717, 1.165) is 17.7 Å². The highest BCUT2D eigenvalue weighted by atomic mass is 16.5. The first-order chi connectivity index (χ1) is 9.60. The number of hydrogen-bond donors (Lipinski definition) is 1. The largest absolute Gasteiger partial charge is 0.493 e. The molecule has 0 bridgehead atoms. The summed E-state index contributed by atoms with van der Waals surface area (Å²) in [5, 5.41) is 2.57. The number of carbonyl (C=O) groups excluding carboxylic acids is 2. The molecule has 1 heterocycles. The van der Waals surface area contributed by atoms with Crippen LogP contribution in [0.15, 0.2) is 18.2 Å². The van der Waals surface area contributed by atoms with Gasteiger partial charge in [-0.1, -0.05) is 0 Å². The number of ketones is 1. The first-order valence-electron chi connectivity index (χ1n) is 6.78. The minimum atomic E-state index is -0.0148. The third-order valence-corrected chi connectivity index (χ3v) is 3.42. The molecule has 0 unspecified atom stereocenters. The van der Waals surface area contributed by atoms with Gasteiger partial charge in [0.05, 0.1) is 13.2 Å². The maximum atomic E-state index is 12.2. The van der Waals surface area contributed by atoms with E-state index in [0.29, 0.717) is 31.7 Å². The number of fused-ring (bicyclic) bond motifs is 1. The van der Waals surface area contributed by atoms with Crippen LogP contribution in [0, 0.1) is 0 Å². The van der Waals surface area contributed by atoms with Gasteiger partial charge in [0.2, 0.25) is 5.91 Å². The molecular weight excluding hydrogens is 256 g/mol. The molecule has 2 rings (SSSR count). The predicted octanol–water partition coefficient (Wildman–Crippen LogP) is 0.872. The van der Waals surface area contributed by atoms with Crippen molar-refractivity contribution in [2.75, 3.05) is 33.8 Å². The Morgan fingerprint density at radius 3 is 2.95 bits per heavy atom. The highest BCUT2D eigenvalue weighted by Crippen LogP contribution is 2.26. The fraction of sp³-hybridized carbons (Fsp3) is 0.467. The number of amides is 1. The summed E-state index contributed by atoms with van der Waals surface area (Å²) in [6.45, 7) is 1.58. The number of likely N-dealkylation sites (N-methyl/N-ethyl adjacent to an activating group) is 1. The highest BCUT2D eigenvalue weighted by Gasteiger charge is 2.16. The average molecular weight is 276 g/mol. The van der Waals surface area contributed by atoms with Crippen LogP contribution >= 0.6 is 0 Å². The van der Waals surface area contributed by atoms with Gasteiger partial charge in [-0.05, 0) is 30.8 Å². The van der Waals surface area contributed by atoms with Crippen molar-refractivity contribution in [1.29, 1.82) is 0 Å². The zero-order valence-electron chi connectivity index (χ0n) is 11.9. The zero-order valence-corrected chi connectivity index (χ0v) is 11.9. The number of carbonyl (C=O) groups is 2. The van der Waals surface area contributed by atoms with Crippen molar-refractivity contribution >= 4 is 11.7 Å². The van der Waals surface area contributed by atoms with Gasteiger partial charge < -0.3 is 10.1 Å². The number of benzene rings is 1. The van der Waals surface area contributed by atoms with Crippen molar-refractivity contribution in [2.45, 2.75) is 12.8 Å². The van der Waals surface area contributed by atoms with Gasteiger partial charge in [-0.15, -0.1) is 0 Å². The number of rotatable bonds is 6. The van der Waals surface area contributed by atoms with Crippen molar-refractivity contribution in [3.8, 4) is 5.75 Å². The van der Waals surface area contributed by atoms with Crippen molar-refractivity contribution in [2.24, 2.45) is 0 Å². The van der Waals surface area contributed by atoms with Crippen LogP contribution in [-0.2, 0) is 11.2 Å². The summed E-state index contributed by atoms with van der Waals surface area (Å²) < 4.78 is 5.43. The summed E-state index contributed by atoms with van der Waals surface area (Å²) in [6, 6.07) is 5.58. The molecular formula is C15H20N2O3. The SMILES string of the molecule is CNC(=O)CCN(C)CC(=O)c1ccc2c(c1)CCO2. The van der Waals surface area contributed by atoms with E-state index in [2.05, 4.69) is 5.32 Å². The molecule has 1 aliphatic rings. The van der Waals surface area contributed by atoms with E-state index in [4.69, 9.17) is 4.74 Å². The number of Topliss-reactive ketones (excluding diaryl/α,β-unsaturated/α-hetero) is 1. The maximum absolute atomic E-state index is 12.2. The normalized spacial score (nSPS) is 12.9. The fourth-order valence-corrected chi connectivity index (χ4v) is 2.19. The first-order valence-corrected chi connectivity index (χ1v) is 6.78. The molecule has 0 atom stereocenters. The number of nitrogens with one attached hydrogen (secondary N) is 1. The van der Waals surface area contributed by atoms with Gasteiger partial charge in [0, 0.05) is 32.0 Å². The van der Waals surface area contributed by atoms with Crippen LogP contribution in [0.3, 0.4) is 0 Å². The molecule has 1 aromatic carbocycles. The maximum Gasteiger partial charge on any atom is 0.221 e. The van der Waals surface area contributed by atoms with Crippen molar-refractivity contribution in [3.05, 3.63) is 29.3 Å². The van der Waals surface area contributed by atoms with Gasteiger partial charge in [-0.2, -0.15) is 0 Å². The minimum absolute atomic E-state index is 0.0148. The van der Waals surface area contributed by atoms with Crippen LogP contribution in [0.2, 0.25) is 0 Å². The molecule has 5 nitrogen and oxygen atoms in total. The Hall–Kier alpha value is -1.88. The van der Waals surface area contributed by atoms with E-state index < -0.39 is 0 Å². The van der Waals surface area contributed by atoms with E-state index in [9.17, 15) is 9.59 Å². The summed E-state index contributed by atoms with van der Waals surface area (Å²) in [7, 11) is 3.46. The molecule has 0 aliphatic carbocycles.